The number of nitrogens with one attached hydrogen (secondary N) is 1. The van der Waals surface area contributed by atoms with E-state index in [9.17, 15) is 0 Å². The molecule has 0 aliphatic heterocycles. The molecule has 21 heavy (non-hydrogen) atoms. The van der Waals surface area contributed by atoms with Gasteiger partial charge >= 0.3 is 0 Å². The van der Waals surface area contributed by atoms with Crippen molar-refractivity contribution in [3.8, 4) is 0 Å². The average molecular weight is 284 g/mol. The fraction of sp³-hybridized carbons (Fsp3) is 0.526. The average Bonchev–Trinajstić information content (AvgIpc) is 2.53. The van der Waals surface area contributed by atoms with Gasteiger partial charge in [0.1, 0.15) is 0 Å². The Kier molecular flexibility index (Phi) is 6.68. The maximum atomic E-state index is 4.68. The fourth-order valence-corrected chi connectivity index (χ4v) is 2.95. The van der Waals surface area contributed by atoms with Crippen molar-refractivity contribution >= 4 is 10.8 Å². The highest BCUT2D eigenvalue weighted by Gasteiger charge is 2.14. The summed E-state index contributed by atoms with van der Waals surface area (Å²) in [6, 6.07) is 11.0. The van der Waals surface area contributed by atoms with Gasteiger partial charge in [0.2, 0.25) is 0 Å². The van der Waals surface area contributed by atoms with E-state index >= 15 is 0 Å². The molecule has 2 rings (SSSR count). The molecule has 1 N–H and O–H groups in total. The zero-order chi connectivity index (χ0) is 14.9. The normalized spacial score (nSPS) is 12.7. The highest BCUT2D eigenvalue weighted by Crippen LogP contribution is 2.25. The molecule has 0 saturated heterocycles. The van der Waals surface area contributed by atoms with E-state index < -0.39 is 0 Å². The summed E-state index contributed by atoms with van der Waals surface area (Å²) in [4.78, 5) is 4.68. The number of hydrogen-bond acceptors (Lipinski definition) is 2. The van der Waals surface area contributed by atoms with E-state index in [1.807, 2.05) is 6.20 Å². The number of pyridine rings is 1. The third-order valence-corrected chi connectivity index (χ3v) is 4.08. The summed E-state index contributed by atoms with van der Waals surface area (Å²) in [5.41, 5.74) is 1.21. The van der Waals surface area contributed by atoms with Crippen LogP contribution in [0.5, 0.6) is 0 Å². The Labute approximate surface area is 129 Å². The Balaban J connectivity index is 2.08. The minimum absolute atomic E-state index is 0.378. The van der Waals surface area contributed by atoms with Gasteiger partial charge in [-0.05, 0) is 24.4 Å². The SMILES string of the molecule is CCCCCCCC(NCC)c1nccc2ccccc12. The topological polar surface area (TPSA) is 24.9 Å². The molecule has 1 aromatic carbocycles. The lowest BCUT2D eigenvalue weighted by Gasteiger charge is -2.19. The first-order valence-corrected chi connectivity index (χ1v) is 8.43. The van der Waals surface area contributed by atoms with Crippen LogP contribution in [0.1, 0.15) is 64.1 Å². The van der Waals surface area contributed by atoms with Gasteiger partial charge in [-0.1, -0.05) is 70.2 Å². The van der Waals surface area contributed by atoms with Gasteiger partial charge in [-0.3, -0.25) is 4.98 Å². The molecule has 0 fully saturated rings. The Hall–Kier alpha value is -1.41. The first-order chi connectivity index (χ1) is 10.4. The van der Waals surface area contributed by atoms with Crippen molar-refractivity contribution in [3.05, 3.63) is 42.2 Å². The van der Waals surface area contributed by atoms with Crippen molar-refractivity contribution in [2.45, 2.75) is 58.4 Å². The van der Waals surface area contributed by atoms with E-state index in [0.717, 1.165) is 6.54 Å². The Bertz CT molecular complexity index is 531. The smallest absolute Gasteiger partial charge is 0.0651 e. The predicted molar refractivity (Wildman–Crippen MR) is 91.5 cm³/mol. The van der Waals surface area contributed by atoms with Gasteiger partial charge in [0.15, 0.2) is 0 Å². The highest BCUT2D eigenvalue weighted by molar-refractivity contribution is 5.84. The molecule has 0 aliphatic carbocycles. The second-order valence-corrected chi connectivity index (χ2v) is 5.73. The largest absolute Gasteiger partial charge is 0.309 e. The van der Waals surface area contributed by atoms with Crippen LogP contribution in [0.25, 0.3) is 10.8 Å². The van der Waals surface area contributed by atoms with Crippen LogP contribution in [0, 0.1) is 0 Å². The van der Waals surface area contributed by atoms with Crippen LogP contribution in [0.4, 0.5) is 0 Å². The molecule has 0 radical (unpaired) electrons. The number of rotatable bonds is 9. The van der Waals surface area contributed by atoms with Crippen LogP contribution in [0.3, 0.4) is 0 Å². The van der Waals surface area contributed by atoms with Gasteiger partial charge < -0.3 is 5.32 Å². The van der Waals surface area contributed by atoms with Gasteiger partial charge in [0.05, 0.1) is 11.7 Å². The molecule has 2 aromatic rings. The molecule has 1 unspecified atom stereocenters. The molecule has 0 amide bonds. The van der Waals surface area contributed by atoms with Crippen molar-refractivity contribution < 1.29 is 0 Å². The van der Waals surface area contributed by atoms with E-state index in [1.165, 1.54) is 55.0 Å². The van der Waals surface area contributed by atoms with Gasteiger partial charge in [0, 0.05) is 11.6 Å². The first-order valence-electron chi connectivity index (χ1n) is 8.43. The van der Waals surface area contributed by atoms with E-state index in [4.69, 9.17) is 0 Å². The molecular weight excluding hydrogens is 256 g/mol. The van der Waals surface area contributed by atoms with Crippen LogP contribution in [0.2, 0.25) is 0 Å². The number of nitrogens with zero attached hydrogens (tertiary/aromatic N) is 1. The molecule has 0 spiro atoms. The van der Waals surface area contributed by atoms with Crippen LogP contribution < -0.4 is 5.32 Å². The minimum Gasteiger partial charge on any atom is -0.309 e. The number of benzene rings is 1. The highest BCUT2D eigenvalue weighted by atomic mass is 14.9. The molecule has 0 bridgehead atoms. The summed E-state index contributed by atoms with van der Waals surface area (Å²) in [5.74, 6) is 0. The summed E-state index contributed by atoms with van der Waals surface area (Å²) >= 11 is 0. The maximum absolute atomic E-state index is 4.68. The van der Waals surface area contributed by atoms with E-state index in [-0.39, 0.29) is 0 Å². The Morgan fingerprint density at radius 1 is 1.00 bits per heavy atom. The van der Waals surface area contributed by atoms with Crippen molar-refractivity contribution in [1.29, 1.82) is 0 Å². The van der Waals surface area contributed by atoms with Gasteiger partial charge in [0.25, 0.3) is 0 Å². The van der Waals surface area contributed by atoms with Crippen LogP contribution in [-0.2, 0) is 0 Å². The van der Waals surface area contributed by atoms with Gasteiger partial charge in [-0.15, -0.1) is 0 Å². The van der Waals surface area contributed by atoms with Crippen molar-refractivity contribution in [3.63, 3.8) is 0 Å². The molecular formula is C19H28N2. The maximum Gasteiger partial charge on any atom is 0.0651 e. The lowest BCUT2D eigenvalue weighted by molar-refractivity contribution is 0.473. The molecule has 1 aromatic heterocycles. The minimum atomic E-state index is 0.378. The number of unbranched alkanes of at least 4 members (excludes halogenated alkanes) is 4. The Morgan fingerprint density at radius 2 is 1.81 bits per heavy atom. The summed E-state index contributed by atoms with van der Waals surface area (Å²) in [6.45, 7) is 5.43. The molecule has 114 valence electrons. The molecule has 2 heteroatoms. The summed E-state index contributed by atoms with van der Waals surface area (Å²) in [6.07, 6.45) is 9.76. The lowest BCUT2D eigenvalue weighted by Crippen LogP contribution is -2.22. The van der Waals surface area contributed by atoms with Gasteiger partial charge in [-0.2, -0.15) is 0 Å². The second kappa shape index (κ2) is 8.78. The quantitative estimate of drug-likeness (QED) is 0.636. The summed E-state index contributed by atoms with van der Waals surface area (Å²) in [7, 11) is 0. The summed E-state index contributed by atoms with van der Waals surface area (Å²) < 4.78 is 0. The van der Waals surface area contributed by atoms with Crippen molar-refractivity contribution in [2.24, 2.45) is 0 Å². The summed E-state index contributed by atoms with van der Waals surface area (Å²) in [5, 5.41) is 6.20. The first kappa shape index (κ1) is 16.0. The second-order valence-electron chi connectivity index (χ2n) is 5.73. The van der Waals surface area contributed by atoms with Crippen LogP contribution >= 0.6 is 0 Å². The monoisotopic (exact) mass is 284 g/mol. The third-order valence-electron chi connectivity index (χ3n) is 4.08. The Morgan fingerprint density at radius 3 is 2.62 bits per heavy atom. The lowest BCUT2D eigenvalue weighted by atomic mass is 9.99. The number of aromatic nitrogens is 1. The van der Waals surface area contributed by atoms with Crippen LogP contribution in [0.15, 0.2) is 36.5 Å². The van der Waals surface area contributed by atoms with Crippen LogP contribution in [-0.4, -0.2) is 11.5 Å². The van der Waals surface area contributed by atoms with Gasteiger partial charge in [-0.25, -0.2) is 0 Å². The fourth-order valence-electron chi connectivity index (χ4n) is 2.95. The van der Waals surface area contributed by atoms with E-state index in [2.05, 4.69) is 54.5 Å². The molecule has 2 nitrogen and oxygen atoms in total. The predicted octanol–water partition coefficient (Wildman–Crippen LogP) is 5.25. The molecule has 1 heterocycles. The third kappa shape index (κ3) is 4.53. The van der Waals surface area contributed by atoms with E-state index in [1.54, 1.807) is 0 Å². The number of fused-ring (bicyclic) bond motifs is 1. The van der Waals surface area contributed by atoms with E-state index in [0.29, 0.717) is 6.04 Å². The van der Waals surface area contributed by atoms with Crippen molar-refractivity contribution in [1.82, 2.24) is 10.3 Å². The van der Waals surface area contributed by atoms with Crippen molar-refractivity contribution in [2.75, 3.05) is 6.54 Å². The number of hydrogen-bond donors (Lipinski definition) is 1. The molecule has 0 aliphatic rings. The standard InChI is InChI=1S/C19H28N2/c1-3-5-6-7-8-13-18(20-4-2)19-17-12-10-9-11-16(17)14-15-21-19/h9-12,14-15,18,20H,3-8,13H2,1-2H3. The zero-order valence-electron chi connectivity index (χ0n) is 13.4. The molecule has 1 atom stereocenters. The molecule has 0 saturated carbocycles. The zero-order valence-corrected chi connectivity index (χ0v) is 13.4.